The third-order valence-electron chi connectivity index (χ3n) is 2.99. The summed E-state index contributed by atoms with van der Waals surface area (Å²) >= 11 is 5.93. The Morgan fingerprint density at radius 3 is 2.80 bits per heavy atom. The number of hydrogen-bond donors (Lipinski definition) is 0. The molecule has 2 rings (SSSR count). The molecule has 0 aliphatic heterocycles. The van der Waals surface area contributed by atoms with E-state index in [1.807, 2.05) is 24.3 Å². The van der Waals surface area contributed by atoms with E-state index in [0.717, 1.165) is 18.4 Å². The fourth-order valence-corrected chi connectivity index (χ4v) is 2.54. The van der Waals surface area contributed by atoms with Crippen LogP contribution in [0.15, 0.2) is 29.3 Å². The minimum absolute atomic E-state index is 0.355. The van der Waals surface area contributed by atoms with Crippen molar-refractivity contribution < 1.29 is 4.79 Å². The van der Waals surface area contributed by atoms with E-state index in [4.69, 9.17) is 11.6 Å². The third-order valence-corrected chi connectivity index (χ3v) is 3.23. The molecule has 3 heteroatoms. The molecule has 1 aliphatic carbocycles. The van der Waals surface area contributed by atoms with Crippen LogP contribution < -0.4 is 0 Å². The van der Waals surface area contributed by atoms with E-state index in [1.54, 1.807) is 6.08 Å². The summed E-state index contributed by atoms with van der Waals surface area (Å²) in [6.07, 6.45) is 3.49. The van der Waals surface area contributed by atoms with Gasteiger partial charge in [-0.05, 0) is 36.5 Å². The van der Waals surface area contributed by atoms with Crippen molar-refractivity contribution in [1.29, 1.82) is 0 Å². The second kappa shape index (κ2) is 3.80. The van der Waals surface area contributed by atoms with Crippen LogP contribution in [0.3, 0.4) is 0 Å². The largest absolute Gasteiger partial charge is 0.235 e. The number of benzene rings is 1. The summed E-state index contributed by atoms with van der Waals surface area (Å²) in [5, 5.41) is 0.688. The highest BCUT2D eigenvalue weighted by Gasteiger charge is 2.43. The van der Waals surface area contributed by atoms with Gasteiger partial charge >= 0.3 is 0 Å². The Hall–Kier alpha value is -1.11. The lowest BCUT2D eigenvalue weighted by molar-refractivity contribution is 0.166. The van der Waals surface area contributed by atoms with Crippen LogP contribution in [0.5, 0.6) is 0 Å². The molecule has 0 saturated heterocycles. The number of halogens is 1. The van der Waals surface area contributed by atoms with Gasteiger partial charge in [-0.25, -0.2) is 4.79 Å². The van der Waals surface area contributed by atoms with Crippen LogP contribution in [0.4, 0.5) is 0 Å². The van der Waals surface area contributed by atoms with Crippen molar-refractivity contribution in [1.82, 2.24) is 0 Å². The fraction of sp³-hybridized carbons (Fsp3) is 0.417. The monoisotopic (exact) mass is 221 g/mol. The van der Waals surface area contributed by atoms with Gasteiger partial charge in [-0.2, -0.15) is 4.99 Å². The van der Waals surface area contributed by atoms with E-state index in [1.165, 1.54) is 0 Å². The smallest absolute Gasteiger partial charge is 0.211 e. The molecule has 0 heterocycles. The van der Waals surface area contributed by atoms with Crippen LogP contribution in [0.1, 0.15) is 25.3 Å². The second-order valence-corrected chi connectivity index (χ2v) is 4.69. The molecular formula is C12H12ClNO. The van der Waals surface area contributed by atoms with Crippen LogP contribution in [0.2, 0.25) is 5.02 Å². The van der Waals surface area contributed by atoms with Crippen molar-refractivity contribution in [2.75, 3.05) is 0 Å². The Morgan fingerprint density at radius 1 is 1.53 bits per heavy atom. The highest BCUT2D eigenvalue weighted by molar-refractivity contribution is 6.30. The van der Waals surface area contributed by atoms with E-state index in [2.05, 4.69) is 11.9 Å². The Morgan fingerprint density at radius 2 is 2.27 bits per heavy atom. The molecule has 0 unspecified atom stereocenters. The molecule has 2 nitrogen and oxygen atoms in total. The molecule has 0 amide bonds. The van der Waals surface area contributed by atoms with Gasteiger partial charge < -0.3 is 0 Å². The van der Waals surface area contributed by atoms with Crippen molar-refractivity contribution in [3.8, 4) is 0 Å². The predicted molar refractivity (Wildman–Crippen MR) is 59.6 cm³/mol. The first kappa shape index (κ1) is 10.4. The van der Waals surface area contributed by atoms with Crippen LogP contribution in [-0.4, -0.2) is 6.08 Å². The van der Waals surface area contributed by atoms with Gasteiger partial charge in [-0.1, -0.05) is 30.7 Å². The molecule has 1 fully saturated rings. The Kier molecular flexibility index (Phi) is 2.64. The number of carbonyl (C=O) groups excluding carboxylic acids is 1. The van der Waals surface area contributed by atoms with Gasteiger partial charge in [0.25, 0.3) is 0 Å². The second-order valence-electron chi connectivity index (χ2n) is 4.26. The number of rotatable bonds is 2. The zero-order valence-corrected chi connectivity index (χ0v) is 9.29. The topological polar surface area (TPSA) is 29.4 Å². The lowest BCUT2D eigenvalue weighted by Gasteiger charge is -2.42. The molecule has 0 aromatic heterocycles. The Labute approximate surface area is 94.0 Å². The molecule has 78 valence electrons. The van der Waals surface area contributed by atoms with E-state index in [-0.39, 0.29) is 5.54 Å². The van der Waals surface area contributed by atoms with Gasteiger partial charge in [-0.3, -0.25) is 0 Å². The SMILES string of the molecule is CC1CC(N=C=O)(c2cccc(Cl)c2)C1. The summed E-state index contributed by atoms with van der Waals surface area (Å²) in [5.41, 5.74) is 0.669. The molecule has 1 aliphatic rings. The lowest BCUT2D eigenvalue weighted by Crippen LogP contribution is -2.38. The van der Waals surface area contributed by atoms with Gasteiger partial charge in [0.2, 0.25) is 6.08 Å². The molecule has 1 aromatic carbocycles. The molecule has 0 radical (unpaired) electrons. The van der Waals surface area contributed by atoms with Gasteiger partial charge in [0.15, 0.2) is 0 Å². The highest BCUT2D eigenvalue weighted by Crippen LogP contribution is 2.48. The van der Waals surface area contributed by atoms with Gasteiger partial charge in [0.1, 0.15) is 0 Å². The average molecular weight is 222 g/mol. The maximum atomic E-state index is 10.5. The minimum atomic E-state index is -0.355. The molecule has 15 heavy (non-hydrogen) atoms. The highest BCUT2D eigenvalue weighted by atomic mass is 35.5. The third kappa shape index (κ3) is 1.83. The van der Waals surface area contributed by atoms with Crippen molar-refractivity contribution in [2.45, 2.75) is 25.3 Å². The van der Waals surface area contributed by atoms with Crippen molar-refractivity contribution in [2.24, 2.45) is 10.9 Å². The molecule has 0 spiro atoms. The molecular weight excluding hydrogens is 210 g/mol. The van der Waals surface area contributed by atoms with Gasteiger partial charge in [-0.15, -0.1) is 0 Å². The molecule has 0 bridgehead atoms. The van der Waals surface area contributed by atoms with E-state index >= 15 is 0 Å². The lowest BCUT2D eigenvalue weighted by atomic mass is 9.66. The van der Waals surface area contributed by atoms with Crippen LogP contribution in [-0.2, 0) is 10.3 Å². The zero-order valence-electron chi connectivity index (χ0n) is 8.53. The van der Waals surface area contributed by atoms with E-state index in [0.29, 0.717) is 10.9 Å². The van der Waals surface area contributed by atoms with Gasteiger partial charge in [0, 0.05) is 5.02 Å². The number of aliphatic imine (C=N–C) groups is 1. The predicted octanol–water partition coefficient (Wildman–Crippen LogP) is 3.30. The minimum Gasteiger partial charge on any atom is -0.211 e. The molecule has 1 aromatic rings. The molecule has 1 saturated carbocycles. The summed E-state index contributed by atoms with van der Waals surface area (Å²) in [7, 11) is 0. The van der Waals surface area contributed by atoms with Crippen LogP contribution >= 0.6 is 11.6 Å². The van der Waals surface area contributed by atoms with Gasteiger partial charge in [0.05, 0.1) is 5.54 Å². The summed E-state index contributed by atoms with van der Waals surface area (Å²) in [5.74, 6) is 0.612. The first-order valence-corrected chi connectivity index (χ1v) is 5.39. The fourth-order valence-electron chi connectivity index (χ4n) is 2.35. The Balaban J connectivity index is 2.38. The van der Waals surface area contributed by atoms with E-state index in [9.17, 15) is 4.79 Å². The maximum absolute atomic E-state index is 10.5. The number of hydrogen-bond acceptors (Lipinski definition) is 2. The summed E-state index contributed by atoms with van der Waals surface area (Å²) in [6, 6.07) is 7.57. The normalized spacial score (nSPS) is 29.1. The molecule has 0 atom stereocenters. The number of isocyanates is 1. The summed E-state index contributed by atoms with van der Waals surface area (Å²) < 4.78 is 0. The first-order chi connectivity index (χ1) is 7.16. The van der Waals surface area contributed by atoms with Crippen molar-refractivity contribution >= 4 is 17.7 Å². The van der Waals surface area contributed by atoms with Crippen molar-refractivity contribution in [3.63, 3.8) is 0 Å². The molecule has 0 N–H and O–H groups in total. The standard InChI is InChI=1S/C12H12ClNO/c1-9-6-12(7-9,14-8-15)10-3-2-4-11(13)5-10/h2-5,9H,6-7H2,1H3. The van der Waals surface area contributed by atoms with Crippen molar-refractivity contribution in [3.05, 3.63) is 34.9 Å². The van der Waals surface area contributed by atoms with Crippen LogP contribution in [0, 0.1) is 5.92 Å². The average Bonchev–Trinajstić information content (AvgIpc) is 2.15. The maximum Gasteiger partial charge on any atom is 0.235 e. The quantitative estimate of drug-likeness (QED) is 0.557. The first-order valence-electron chi connectivity index (χ1n) is 5.01. The summed E-state index contributed by atoms with van der Waals surface area (Å²) in [6.45, 7) is 2.16. The Bertz CT molecular complexity index is 417. The zero-order chi connectivity index (χ0) is 10.9. The number of nitrogens with zero attached hydrogens (tertiary/aromatic N) is 1. The van der Waals surface area contributed by atoms with E-state index < -0.39 is 0 Å². The van der Waals surface area contributed by atoms with Crippen LogP contribution in [0.25, 0.3) is 0 Å². The summed E-state index contributed by atoms with van der Waals surface area (Å²) in [4.78, 5) is 14.4.